The largest absolute Gasteiger partial charge is 0.412 e. The summed E-state index contributed by atoms with van der Waals surface area (Å²) in [6.45, 7) is 5.62. The molecule has 0 unspecified atom stereocenters. The van der Waals surface area contributed by atoms with Crippen LogP contribution in [0.3, 0.4) is 0 Å². The molecular formula is C26H27FN4O3S. The van der Waals surface area contributed by atoms with Crippen molar-refractivity contribution in [3.05, 3.63) is 72.4 Å². The van der Waals surface area contributed by atoms with Crippen LogP contribution >= 0.6 is 11.8 Å². The van der Waals surface area contributed by atoms with Gasteiger partial charge in [0.2, 0.25) is 5.95 Å². The summed E-state index contributed by atoms with van der Waals surface area (Å²) in [6.07, 6.45) is 7.22. The van der Waals surface area contributed by atoms with Gasteiger partial charge in [0, 0.05) is 58.7 Å². The zero-order valence-corrected chi connectivity index (χ0v) is 20.6. The van der Waals surface area contributed by atoms with Crippen molar-refractivity contribution in [2.45, 2.75) is 24.3 Å². The Morgan fingerprint density at radius 2 is 1.89 bits per heavy atom. The van der Waals surface area contributed by atoms with Crippen LogP contribution in [0.4, 0.5) is 4.39 Å². The number of amides is 1. The summed E-state index contributed by atoms with van der Waals surface area (Å²) < 4.78 is 21.8. The van der Waals surface area contributed by atoms with Crippen molar-refractivity contribution in [3.8, 4) is 17.1 Å². The van der Waals surface area contributed by atoms with Gasteiger partial charge in [0.15, 0.2) is 0 Å². The molecule has 1 amide bonds. The maximum atomic E-state index is 14.2. The van der Waals surface area contributed by atoms with Crippen molar-refractivity contribution in [2.24, 2.45) is 0 Å². The first kappa shape index (κ1) is 24.8. The number of benzene rings is 2. The number of hydrogen-bond acceptors (Lipinski definition) is 5. The van der Waals surface area contributed by atoms with Crippen molar-refractivity contribution in [1.29, 1.82) is 0 Å². The summed E-state index contributed by atoms with van der Waals surface area (Å²) in [5, 5.41) is 1.02. The maximum Gasteiger partial charge on any atom is 0.254 e. The van der Waals surface area contributed by atoms with E-state index < -0.39 is 0 Å². The van der Waals surface area contributed by atoms with Gasteiger partial charge in [-0.3, -0.25) is 9.36 Å². The molecule has 0 radical (unpaired) electrons. The maximum absolute atomic E-state index is 14.2. The lowest BCUT2D eigenvalue weighted by atomic mass is 10.1. The molecule has 5 rings (SSSR count). The van der Waals surface area contributed by atoms with Crippen LogP contribution in [0.25, 0.3) is 28.0 Å². The Kier molecular flexibility index (Phi) is 6.93. The molecule has 4 aromatic rings. The van der Waals surface area contributed by atoms with Gasteiger partial charge >= 0.3 is 0 Å². The second-order valence-corrected chi connectivity index (χ2v) is 9.73. The fraction of sp³-hybridized carbons (Fsp3) is 0.269. The van der Waals surface area contributed by atoms with E-state index in [0.29, 0.717) is 42.3 Å². The highest BCUT2D eigenvalue weighted by Crippen LogP contribution is 2.32. The number of fused-ring (bicyclic) bond motifs is 1. The van der Waals surface area contributed by atoms with E-state index in [2.05, 4.69) is 9.97 Å². The fourth-order valence-corrected chi connectivity index (χ4v) is 4.91. The third-order valence-corrected chi connectivity index (χ3v) is 6.75. The molecule has 7 nitrogen and oxygen atoms in total. The zero-order chi connectivity index (χ0) is 23.9. The Hall–Kier alpha value is -3.27. The fourth-order valence-electron chi connectivity index (χ4n) is 4.31. The van der Waals surface area contributed by atoms with Crippen molar-refractivity contribution in [1.82, 2.24) is 19.4 Å². The lowest BCUT2D eigenvalue weighted by Crippen LogP contribution is -2.50. The second-order valence-electron chi connectivity index (χ2n) is 8.89. The zero-order valence-electron chi connectivity index (χ0n) is 19.8. The van der Waals surface area contributed by atoms with Crippen LogP contribution in [0.5, 0.6) is 0 Å². The number of thioether (sulfide) groups is 1. The first-order valence-electron chi connectivity index (χ1n) is 11.1. The van der Waals surface area contributed by atoms with Crippen molar-refractivity contribution < 1.29 is 19.4 Å². The van der Waals surface area contributed by atoms with Gasteiger partial charge in [-0.15, -0.1) is 11.8 Å². The normalized spacial score (nSPS) is 15.1. The third-order valence-electron chi connectivity index (χ3n) is 5.99. The number of aromatic nitrogens is 3. The molecule has 0 saturated carbocycles. The lowest BCUT2D eigenvalue weighted by Gasteiger charge is -2.38. The molecule has 0 bridgehead atoms. The van der Waals surface area contributed by atoms with Gasteiger partial charge in [0.05, 0.1) is 17.7 Å². The van der Waals surface area contributed by atoms with Crippen molar-refractivity contribution >= 4 is 28.6 Å². The van der Waals surface area contributed by atoms with E-state index in [1.54, 1.807) is 42.4 Å². The van der Waals surface area contributed by atoms with Crippen LogP contribution in [-0.4, -0.2) is 62.4 Å². The quantitative estimate of drug-likeness (QED) is 0.393. The van der Waals surface area contributed by atoms with Crippen LogP contribution < -0.4 is 0 Å². The second kappa shape index (κ2) is 9.77. The van der Waals surface area contributed by atoms with E-state index in [1.807, 2.05) is 54.0 Å². The molecular weight excluding hydrogens is 467 g/mol. The summed E-state index contributed by atoms with van der Waals surface area (Å²) in [6, 6.07) is 12.3. The van der Waals surface area contributed by atoms with E-state index in [9.17, 15) is 9.18 Å². The van der Waals surface area contributed by atoms with E-state index in [-0.39, 0.29) is 22.8 Å². The number of hydrogen-bond donors (Lipinski definition) is 0. The first-order valence-corrected chi connectivity index (χ1v) is 12.3. The van der Waals surface area contributed by atoms with Crippen molar-refractivity contribution in [2.75, 3.05) is 26.0 Å². The van der Waals surface area contributed by atoms with Gasteiger partial charge < -0.3 is 15.1 Å². The van der Waals surface area contributed by atoms with E-state index >= 15 is 0 Å². The molecule has 0 atom stereocenters. The Balaban J connectivity index is 0.00000289. The van der Waals surface area contributed by atoms with Crippen LogP contribution in [0, 0.1) is 5.82 Å². The first-order chi connectivity index (χ1) is 16.4. The number of carbonyl (C=O) groups is 1. The summed E-state index contributed by atoms with van der Waals surface area (Å²) in [7, 11) is 0. The van der Waals surface area contributed by atoms with Gasteiger partial charge in [-0.25, -0.2) is 14.4 Å². The molecule has 0 aliphatic carbocycles. The smallest absolute Gasteiger partial charge is 0.254 e. The Morgan fingerprint density at radius 1 is 1.14 bits per heavy atom. The molecule has 2 aromatic carbocycles. The summed E-state index contributed by atoms with van der Waals surface area (Å²) in [4.78, 5) is 25.2. The Morgan fingerprint density at radius 3 is 2.57 bits per heavy atom. The van der Waals surface area contributed by atoms with E-state index in [1.165, 1.54) is 6.07 Å². The van der Waals surface area contributed by atoms with Crippen LogP contribution in [0.1, 0.15) is 24.2 Å². The minimum atomic E-state index is -0.363. The van der Waals surface area contributed by atoms with Crippen molar-refractivity contribution in [3.63, 3.8) is 0 Å². The molecule has 1 saturated heterocycles. The number of halogens is 1. The molecule has 182 valence electrons. The Bertz CT molecular complexity index is 1370. The minimum absolute atomic E-state index is 0. The number of ether oxygens (including phenoxy) is 1. The summed E-state index contributed by atoms with van der Waals surface area (Å²) in [5.41, 5.74) is 2.16. The van der Waals surface area contributed by atoms with Gasteiger partial charge in [-0.05, 0) is 38.3 Å². The molecule has 1 aliphatic rings. The Labute approximate surface area is 207 Å². The predicted octanol–water partition coefficient (Wildman–Crippen LogP) is 4.37. The van der Waals surface area contributed by atoms with E-state index in [4.69, 9.17) is 4.74 Å². The number of nitrogens with zero attached hydrogens (tertiary/aromatic N) is 4. The van der Waals surface area contributed by atoms with Gasteiger partial charge in [-0.2, -0.15) is 0 Å². The standard InChI is InChI=1S/C26H25FN4O2S.H2O/c1-26(2)16-30(10-11-33-26)24(32)17-8-9-20-22(12-17)31(15-23(20)34-3)25-28-13-18(14-29-25)19-6-4-5-7-21(19)27;/h4-9,12-15H,10-11,16H2,1-3H3;1H2. The summed E-state index contributed by atoms with van der Waals surface area (Å²) in [5.74, 6) is 0.124. The molecule has 9 heteroatoms. The molecule has 1 fully saturated rings. The van der Waals surface area contributed by atoms with Gasteiger partial charge in [-0.1, -0.05) is 24.3 Å². The summed E-state index contributed by atoms with van der Waals surface area (Å²) >= 11 is 1.62. The van der Waals surface area contributed by atoms with Crippen LogP contribution in [0.15, 0.2) is 66.0 Å². The molecule has 0 spiro atoms. The molecule has 3 heterocycles. The minimum Gasteiger partial charge on any atom is -0.412 e. The van der Waals surface area contributed by atoms with Gasteiger partial charge in [0.25, 0.3) is 5.91 Å². The van der Waals surface area contributed by atoms with Crippen LogP contribution in [-0.2, 0) is 4.74 Å². The highest BCUT2D eigenvalue weighted by molar-refractivity contribution is 7.98. The average molecular weight is 495 g/mol. The molecule has 2 N–H and O–H groups in total. The number of carbonyl (C=O) groups excluding carboxylic acids is 1. The SMILES string of the molecule is CSc1cn(-c2ncc(-c3ccccc3F)cn2)c2cc(C(=O)N3CCOC(C)(C)C3)ccc12.O. The molecule has 1 aliphatic heterocycles. The highest BCUT2D eigenvalue weighted by atomic mass is 32.2. The average Bonchev–Trinajstić information content (AvgIpc) is 3.21. The number of morpholine rings is 1. The molecule has 35 heavy (non-hydrogen) atoms. The third kappa shape index (κ3) is 4.80. The lowest BCUT2D eigenvalue weighted by molar-refractivity contribution is -0.0763. The monoisotopic (exact) mass is 494 g/mol. The topological polar surface area (TPSA) is 91.8 Å². The molecule has 2 aromatic heterocycles. The van der Waals surface area contributed by atoms with E-state index in [0.717, 1.165) is 15.8 Å². The van der Waals surface area contributed by atoms with Gasteiger partial charge in [0.1, 0.15) is 5.82 Å². The van der Waals surface area contributed by atoms with Crippen LogP contribution in [0.2, 0.25) is 0 Å². The highest BCUT2D eigenvalue weighted by Gasteiger charge is 2.30. The predicted molar refractivity (Wildman–Crippen MR) is 136 cm³/mol. The number of rotatable bonds is 4.